The monoisotopic (exact) mass is 292 g/mol. The highest BCUT2D eigenvalue weighted by atomic mass is 19.2. The van der Waals surface area contributed by atoms with Crippen molar-refractivity contribution in [2.45, 2.75) is 46.0 Å². The summed E-state index contributed by atoms with van der Waals surface area (Å²) in [5, 5.41) is 0. The van der Waals surface area contributed by atoms with Crippen LogP contribution in [0.5, 0.6) is 5.75 Å². The van der Waals surface area contributed by atoms with Crippen molar-refractivity contribution in [1.29, 1.82) is 0 Å². The number of benzene rings is 1. The molecule has 0 aliphatic heterocycles. The molecule has 0 atom stereocenters. The number of rotatable bonds is 6. The minimum absolute atomic E-state index is 0.0595. The van der Waals surface area contributed by atoms with Crippen LogP contribution in [0.1, 0.15) is 44.6 Å². The molecule has 0 aromatic heterocycles. The summed E-state index contributed by atoms with van der Waals surface area (Å²) in [7, 11) is 0. The van der Waals surface area contributed by atoms with E-state index in [1.54, 1.807) is 0 Å². The van der Waals surface area contributed by atoms with E-state index in [1.165, 1.54) is 0 Å². The van der Waals surface area contributed by atoms with Crippen molar-refractivity contribution >= 4 is 5.97 Å². The molecule has 0 unspecified atom stereocenters. The van der Waals surface area contributed by atoms with Crippen LogP contribution in [0, 0.1) is 30.2 Å². The number of ether oxygens (including phenoxy) is 1. The average molecular weight is 292 g/mol. The molecule has 0 aliphatic carbocycles. The van der Waals surface area contributed by atoms with Gasteiger partial charge >= 0.3 is 5.97 Å². The summed E-state index contributed by atoms with van der Waals surface area (Å²) >= 11 is 0. The molecule has 0 N–H and O–H groups in total. The zero-order chi connectivity index (χ0) is 15.3. The van der Waals surface area contributed by atoms with E-state index in [1.807, 2.05) is 6.92 Å². The number of carbonyl (C=O) groups is 1. The quantitative estimate of drug-likeness (QED) is 0.255. The summed E-state index contributed by atoms with van der Waals surface area (Å²) in [5.74, 6) is -8.73. The molecule has 0 amide bonds. The first kappa shape index (κ1) is 16.5. The first-order chi connectivity index (χ1) is 9.40. The fourth-order valence-electron chi connectivity index (χ4n) is 1.67. The Morgan fingerprint density at radius 2 is 1.50 bits per heavy atom. The van der Waals surface area contributed by atoms with E-state index in [-0.39, 0.29) is 6.42 Å². The molecule has 0 radical (unpaired) electrons. The van der Waals surface area contributed by atoms with Crippen molar-refractivity contribution < 1.29 is 27.1 Å². The molecule has 0 spiro atoms. The van der Waals surface area contributed by atoms with E-state index in [9.17, 15) is 22.4 Å². The molecular weight excluding hydrogens is 276 g/mol. The van der Waals surface area contributed by atoms with Gasteiger partial charge < -0.3 is 4.74 Å². The van der Waals surface area contributed by atoms with E-state index in [0.717, 1.165) is 26.2 Å². The molecule has 0 fully saturated rings. The van der Waals surface area contributed by atoms with Gasteiger partial charge in [0.25, 0.3) is 0 Å². The first-order valence-electron chi connectivity index (χ1n) is 6.43. The fourth-order valence-corrected chi connectivity index (χ4v) is 1.67. The molecule has 0 saturated heterocycles. The van der Waals surface area contributed by atoms with Crippen molar-refractivity contribution in [1.82, 2.24) is 0 Å². The summed E-state index contributed by atoms with van der Waals surface area (Å²) in [6.07, 6.45) is 3.09. The fraction of sp³-hybridized carbons (Fsp3) is 0.500. The normalized spacial score (nSPS) is 10.7. The smallest absolute Gasteiger partial charge is 0.311 e. The molecule has 6 heteroatoms. The lowest BCUT2D eigenvalue weighted by Crippen LogP contribution is -2.13. The van der Waals surface area contributed by atoms with Gasteiger partial charge in [-0.1, -0.05) is 26.2 Å². The highest BCUT2D eigenvalue weighted by Crippen LogP contribution is 2.29. The number of esters is 1. The van der Waals surface area contributed by atoms with Crippen LogP contribution >= 0.6 is 0 Å². The molecular formula is C14H16F4O2. The first-order valence-corrected chi connectivity index (χ1v) is 6.43. The average Bonchev–Trinajstić information content (AvgIpc) is 2.44. The lowest BCUT2D eigenvalue weighted by molar-refractivity contribution is -0.135. The summed E-state index contributed by atoms with van der Waals surface area (Å²) in [6, 6.07) is 0. The Balaban J connectivity index is 2.80. The predicted molar refractivity (Wildman–Crippen MR) is 65.4 cm³/mol. The van der Waals surface area contributed by atoms with Gasteiger partial charge in [-0.15, -0.1) is 0 Å². The van der Waals surface area contributed by atoms with Gasteiger partial charge in [0.05, 0.1) is 0 Å². The van der Waals surface area contributed by atoms with E-state index in [4.69, 9.17) is 0 Å². The second-order valence-electron chi connectivity index (χ2n) is 4.49. The van der Waals surface area contributed by atoms with Crippen molar-refractivity contribution in [3.05, 3.63) is 28.8 Å². The van der Waals surface area contributed by atoms with Crippen LogP contribution < -0.4 is 4.74 Å². The Morgan fingerprint density at radius 3 is 2.00 bits per heavy atom. The SMILES string of the molecule is CCCCCCC(=O)Oc1c(F)c(F)c(C)c(F)c1F. The highest BCUT2D eigenvalue weighted by Gasteiger charge is 2.26. The molecule has 0 heterocycles. The van der Waals surface area contributed by atoms with E-state index < -0.39 is 40.6 Å². The van der Waals surface area contributed by atoms with Crippen LogP contribution in [0.2, 0.25) is 0 Å². The van der Waals surface area contributed by atoms with Gasteiger partial charge in [-0.3, -0.25) is 4.79 Å². The number of halogens is 4. The second-order valence-corrected chi connectivity index (χ2v) is 4.49. The van der Waals surface area contributed by atoms with Gasteiger partial charge in [0, 0.05) is 12.0 Å². The summed E-state index contributed by atoms with van der Waals surface area (Å²) in [4.78, 5) is 11.4. The number of carbonyl (C=O) groups excluding carboxylic acids is 1. The van der Waals surface area contributed by atoms with Crippen LogP contribution in [0.15, 0.2) is 0 Å². The van der Waals surface area contributed by atoms with Gasteiger partial charge in [-0.25, -0.2) is 8.78 Å². The molecule has 0 aliphatic rings. The van der Waals surface area contributed by atoms with E-state index in [2.05, 4.69) is 4.74 Å². The zero-order valence-corrected chi connectivity index (χ0v) is 11.4. The van der Waals surface area contributed by atoms with Gasteiger partial charge in [-0.2, -0.15) is 8.78 Å². The number of hydrogen-bond donors (Lipinski definition) is 0. The van der Waals surface area contributed by atoms with Crippen molar-refractivity contribution in [2.75, 3.05) is 0 Å². The molecule has 1 rings (SSSR count). The standard InChI is InChI=1S/C14H16F4O2/c1-3-4-5-6-7-9(19)20-14-12(17)10(15)8(2)11(16)13(14)18/h3-7H2,1-2H3. The van der Waals surface area contributed by atoms with E-state index >= 15 is 0 Å². The van der Waals surface area contributed by atoms with Gasteiger partial charge in [-0.05, 0) is 13.3 Å². The maximum absolute atomic E-state index is 13.4. The van der Waals surface area contributed by atoms with Crippen molar-refractivity contribution in [3.63, 3.8) is 0 Å². The Labute approximate surface area is 114 Å². The molecule has 20 heavy (non-hydrogen) atoms. The summed E-state index contributed by atoms with van der Waals surface area (Å²) in [6.45, 7) is 2.88. The van der Waals surface area contributed by atoms with Gasteiger partial charge in [0.15, 0.2) is 11.6 Å². The third-order valence-electron chi connectivity index (χ3n) is 2.89. The Bertz CT molecular complexity index is 471. The second kappa shape index (κ2) is 7.26. The lowest BCUT2D eigenvalue weighted by atomic mass is 10.1. The zero-order valence-electron chi connectivity index (χ0n) is 11.4. The molecule has 112 valence electrons. The largest absolute Gasteiger partial charge is 0.420 e. The molecule has 0 saturated carbocycles. The van der Waals surface area contributed by atoms with Gasteiger partial charge in [0.2, 0.25) is 17.4 Å². The van der Waals surface area contributed by atoms with Crippen LogP contribution in [0.4, 0.5) is 17.6 Å². The summed E-state index contributed by atoms with van der Waals surface area (Å²) < 4.78 is 57.8. The topological polar surface area (TPSA) is 26.3 Å². The number of hydrogen-bond acceptors (Lipinski definition) is 2. The lowest BCUT2D eigenvalue weighted by Gasteiger charge is -2.09. The predicted octanol–water partition coefficient (Wildman–Crippen LogP) is 4.43. The van der Waals surface area contributed by atoms with Crippen LogP contribution in [-0.2, 0) is 4.79 Å². The maximum Gasteiger partial charge on any atom is 0.311 e. The minimum Gasteiger partial charge on any atom is -0.420 e. The molecule has 2 nitrogen and oxygen atoms in total. The third-order valence-corrected chi connectivity index (χ3v) is 2.89. The minimum atomic E-state index is -1.69. The van der Waals surface area contributed by atoms with Crippen LogP contribution in [0.3, 0.4) is 0 Å². The Kier molecular flexibility index (Phi) is 5.98. The maximum atomic E-state index is 13.4. The van der Waals surface area contributed by atoms with Crippen LogP contribution in [-0.4, -0.2) is 5.97 Å². The Morgan fingerprint density at radius 1 is 0.950 bits per heavy atom. The summed E-state index contributed by atoms with van der Waals surface area (Å²) in [5.41, 5.74) is -0.789. The highest BCUT2D eigenvalue weighted by molar-refractivity contribution is 5.72. The van der Waals surface area contributed by atoms with Crippen molar-refractivity contribution in [2.24, 2.45) is 0 Å². The molecule has 0 bridgehead atoms. The van der Waals surface area contributed by atoms with E-state index in [0.29, 0.717) is 6.42 Å². The number of unbranched alkanes of at least 4 members (excludes halogenated alkanes) is 3. The van der Waals surface area contributed by atoms with Crippen molar-refractivity contribution in [3.8, 4) is 5.75 Å². The molecule has 1 aromatic rings. The third kappa shape index (κ3) is 3.71. The Hall–Kier alpha value is -1.59. The van der Waals surface area contributed by atoms with Crippen LogP contribution in [0.25, 0.3) is 0 Å². The molecule has 1 aromatic carbocycles. The van der Waals surface area contributed by atoms with Gasteiger partial charge in [0.1, 0.15) is 0 Å².